The fourth-order valence-electron chi connectivity index (χ4n) is 0.637. The van der Waals surface area contributed by atoms with Crippen LogP contribution in [0, 0.1) is 0 Å². The summed E-state index contributed by atoms with van der Waals surface area (Å²) in [7, 11) is -3.14. The lowest BCUT2D eigenvalue weighted by atomic mass is 10.3. The maximum atomic E-state index is 10.6. The fraction of sp³-hybridized carbons (Fsp3) is 1.00. The monoisotopic (exact) mass is 166 g/mol. The molecule has 0 radical (unpaired) electrons. The summed E-state index contributed by atoms with van der Waals surface area (Å²) in [4.78, 5) is 0. The smallest absolute Gasteiger partial charge is 0.173 e. The van der Waals surface area contributed by atoms with Gasteiger partial charge in [-0.15, -0.1) is 0 Å². The molecule has 0 aliphatic carbocycles. The van der Waals surface area contributed by atoms with Crippen molar-refractivity contribution in [2.75, 3.05) is 11.7 Å². The Morgan fingerprint density at radius 3 is 2.30 bits per heavy atom. The zero-order valence-corrected chi connectivity index (χ0v) is 7.02. The number of rotatable bonds is 5. The van der Waals surface area contributed by atoms with Crippen LogP contribution in [0.1, 0.15) is 26.2 Å². The summed E-state index contributed by atoms with van der Waals surface area (Å²) in [5.41, 5.74) is 0. The van der Waals surface area contributed by atoms with Crippen LogP contribution in [0.15, 0.2) is 0 Å². The summed E-state index contributed by atoms with van der Waals surface area (Å²) in [5, 5.41) is 8.31. The highest BCUT2D eigenvalue weighted by atomic mass is 32.2. The molecule has 0 amide bonds. The van der Waals surface area contributed by atoms with Crippen molar-refractivity contribution in [3.63, 3.8) is 0 Å². The van der Waals surface area contributed by atoms with E-state index in [9.17, 15) is 8.42 Å². The molecule has 0 aliphatic rings. The van der Waals surface area contributed by atoms with Gasteiger partial charge in [0.1, 0.15) is 5.94 Å². The molecule has 0 fully saturated rings. The van der Waals surface area contributed by atoms with Crippen molar-refractivity contribution in [2.24, 2.45) is 0 Å². The largest absolute Gasteiger partial charge is 0.380 e. The van der Waals surface area contributed by atoms with Gasteiger partial charge >= 0.3 is 0 Å². The molecule has 0 aromatic rings. The van der Waals surface area contributed by atoms with Crippen molar-refractivity contribution in [1.29, 1.82) is 0 Å². The lowest BCUT2D eigenvalue weighted by Gasteiger charge is -1.97. The Morgan fingerprint density at radius 1 is 1.30 bits per heavy atom. The average molecular weight is 166 g/mol. The minimum atomic E-state index is -3.14. The summed E-state index contributed by atoms with van der Waals surface area (Å²) in [6, 6.07) is 0. The van der Waals surface area contributed by atoms with Gasteiger partial charge in [0.15, 0.2) is 9.84 Å². The van der Waals surface area contributed by atoms with Crippen molar-refractivity contribution in [3.8, 4) is 0 Å². The zero-order valence-electron chi connectivity index (χ0n) is 6.21. The maximum absolute atomic E-state index is 10.6. The number of hydrogen-bond donors (Lipinski definition) is 1. The standard InChI is InChI=1S/C6H14O3S/c1-2-3-4-5-10(8,9)6-7/h7H,2-6H2,1H3. The third-order valence-corrected chi connectivity index (χ3v) is 2.56. The van der Waals surface area contributed by atoms with E-state index in [4.69, 9.17) is 5.11 Å². The third-order valence-electron chi connectivity index (χ3n) is 1.26. The molecule has 3 nitrogen and oxygen atoms in total. The first-order valence-electron chi connectivity index (χ1n) is 3.43. The van der Waals surface area contributed by atoms with E-state index in [1.165, 1.54) is 0 Å². The van der Waals surface area contributed by atoms with Crippen LogP contribution in [0.3, 0.4) is 0 Å². The Morgan fingerprint density at radius 2 is 1.90 bits per heavy atom. The van der Waals surface area contributed by atoms with Crippen molar-refractivity contribution in [3.05, 3.63) is 0 Å². The second kappa shape index (κ2) is 4.68. The van der Waals surface area contributed by atoms with Crippen LogP contribution in [0.2, 0.25) is 0 Å². The molecule has 0 aliphatic heterocycles. The van der Waals surface area contributed by atoms with Crippen molar-refractivity contribution in [1.82, 2.24) is 0 Å². The quantitative estimate of drug-likeness (QED) is 0.606. The molecule has 0 rings (SSSR count). The lowest BCUT2D eigenvalue weighted by Crippen LogP contribution is -2.09. The van der Waals surface area contributed by atoms with Crippen LogP contribution in [0.25, 0.3) is 0 Å². The molecule has 1 N–H and O–H groups in total. The number of sulfone groups is 1. The van der Waals surface area contributed by atoms with Crippen molar-refractivity contribution < 1.29 is 13.5 Å². The Balaban J connectivity index is 3.49. The second-order valence-corrected chi connectivity index (χ2v) is 4.44. The van der Waals surface area contributed by atoms with E-state index in [0.717, 1.165) is 12.8 Å². The van der Waals surface area contributed by atoms with E-state index >= 15 is 0 Å². The highest BCUT2D eigenvalue weighted by Gasteiger charge is 2.06. The highest BCUT2D eigenvalue weighted by molar-refractivity contribution is 7.91. The van der Waals surface area contributed by atoms with Gasteiger partial charge in [0.05, 0.1) is 5.75 Å². The van der Waals surface area contributed by atoms with Gasteiger partial charge in [-0.25, -0.2) is 8.42 Å². The Hall–Kier alpha value is -0.0900. The van der Waals surface area contributed by atoms with E-state index in [-0.39, 0.29) is 5.75 Å². The first kappa shape index (κ1) is 9.91. The van der Waals surface area contributed by atoms with E-state index in [1.54, 1.807) is 0 Å². The predicted molar refractivity (Wildman–Crippen MR) is 40.4 cm³/mol. The van der Waals surface area contributed by atoms with Gasteiger partial charge in [-0.05, 0) is 6.42 Å². The second-order valence-electron chi connectivity index (χ2n) is 2.28. The van der Waals surface area contributed by atoms with Gasteiger partial charge in [0.2, 0.25) is 0 Å². The first-order valence-corrected chi connectivity index (χ1v) is 5.26. The Labute approximate surface area is 62.0 Å². The number of hydrogen-bond acceptors (Lipinski definition) is 3. The Bertz CT molecular complexity index is 160. The van der Waals surface area contributed by atoms with Crippen LogP contribution in [-0.4, -0.2) is 25.2 Å². The fourth-order valence-corrected chi connectivity index (χ4v) is 1.41. The lowest BCUT2D eigenvalue weighted by molar-refractivity contribution is 0.358. The van der Waals surface area contributed by atoms with Crippen molar-refractivity contribution >= 4 is 9.84 Å². The van der Waals surface area contributed by atoms with Gasteiger partial charge in [-0.1, -0.05) is 19.8 Å². The number of aliphatic hydroxyl groups is 1. The zero-order chi connectivity index (χ0) is 8.04. The van der Waals surface area contributed by atoms with Gasteiger partial charge in [-0.3, -0.25) is 0 Å². The molecule has 0 saturated carbocycles. The summed E-state index contributed by atoms with van der Waals surface area (Å²) in [6.07, 6.45) is 2.58. The van der Waals surface area contributed by atoms with E-state index < -0.39 is 15.8 Å². The van der Waals surface area contributed by atoms with Crippen LogP contribution in [0.5, 0.6) is 0 Å². The molecule has 10 heavy (non-hydrogen) atoms. The van der Waals surface area contributed by atoms with Crippen LogP contribution >= 0.6 is 0 Å². The van der Waals surface area contributed by atoms with Crippen LogP contribution < -0.4 is 0 Å². The van der Waals surface area contributed by atoms with Gasteiger partial charge in [-0.2, -0.15) is 0 Å². The molecule has 0 aromatic carbocycles. The first-order chi connectivity index (χ1) is 4.62. The van der Waals surface area contributed by atoms with Crippen molar-refractivity contribution in [2.45, 2.75) is 26.2 Å². The predicted octanol–water partition coefficient (Wildman–Crippen LogP) is 0.541. The molecule has 62 valence electrons. The molecule has 0 heterocycles. The molecule has 0 saturated heterocycles. The molecule has 0 atom stereocenters. The molecule has 0 unspecified atom stereocenters. The summed E-state index contributed by atoms with van der Waals surface area (Å²) >= 11 is 0. The van der Waals surface area contributed by atoms with E-state index in [1.807, 2.05) is 6.92 Å². The molecule has 0 spiro atoms. The van der Waals surface area contributed by atoms with Crippen LogP contribution in [0.4, 0.5) is 0 Å². The minimum Gasteiger partial charge on any atom is -0.380 e. The number of unbranched alkanes of at least 4 members (excludes halogenated alkanes) is 2. The minimum absolute atomic E-state index is 0.122. The average Bonchev–Trinajstić information content (AvgIpc) is 1.89. The normalized spacial score (nSPS) is 11.8. The molecule has 0 bridgehead atoms. The van der Waals surface area contributed by atoms with Gasteiger partial charge < -0.3 is 5.11 Å². The van der Waals surface area contributed by atoms with Gasteiger partial charge in [0.25, 0.3) is 0 Å². The maximum Gasteiger partial charge on any atom is 0.173 e. The summed E-state index contributed by atoms with van der Waals surface area (Å²) in [5.74, 6) is -0.589. The van der Waals surface area contributed by atoms with Crippen LogP contribution in [-0.2, 0) is 9.84 Å². The molecule has 0 aromatic heterocycles. The topological polar surface area (TPSA) is 54.4 Å². The summed E-state index contributed by atoms with van der Waals surface area (Å²) in [6.45, 7) is 2.01. The van der Waals surface area contributed by atoms with E-state index in [0.29, 0.717) is 6.42 Å². The highest BCUT2D eigenvalue weighted by Crippen LogP contribution is 1.98. The SMILES string of the molecule is CCCCCS(=O)(=O)CO. The third kappa shape index (κ3) is 4.76. The Kier molecular flexibility index (Phi) is 4.64. The molecular weight excluding hydrogens is 152 g/mol. The van der Waals surface area contributed by atoms with Gasteiger partial charge in [0, 0.05) is 0 Å². The van der Waals surface area contributed by atoms with E-state index in [2.05, 4.69) is 0 Å². The molecular formula is C6H14O3S. The summed E-state index contributed by atoms with van der Waals surface area (Å²) < 4.78 is 21.2. The number of aliphatic hydroxyl groups excluding tert-OH is 1. The molecule has 4 heteroatoms.